The van der Waals surface area contributed by atoms with Gasteiger partial charge in [0.25, 0.3) is 0 Å². The Balaban J connectivity index is 2.47. The first-order valence-corrected chi connectivity index (χ1v) is 6.65. The molecule has 0 aliphatic rings. The molecule has 0 atom stereocenters. The number of alkyl halides is 3. The Labute approximate surface area is 118 Å². The Kier molecular flexibility index (Phi) is 6.85. The average Bonchev–Trinajstić information content (AvgIpc) is 2.41. The molecule has 0 heterocycles. The molecule has 0 aromatic heterocycles. The van der Waals surface area contributed by atoms with E-state index < -0.39 is 11.7 Å². The van der Waals surface area contributed by atoms with Crippen LogP contribution in [0.4, 0.5) is 13.2 Å². The fourth-order valence-corrected chi connectivity index (χ4v) is 1.84. The van der Waals surface area contributed by atoms with E-state index in [0.29, 0.717) is 18.4 Å². The van der Waals surface area contributed by atoms with Gasteiger partial charge < -0.3 is 0 Å². The van der Waals surface area contributed by atoms with E-state index in [1.165, 1.54) is 6.07 Å². The number of halogens is 3. The predicted molar refractivity (Wildman–Crippen MR) is 77.5 cm³/mol. The molecule has 0 aliphatic heterocycles. The zero-order valence-corrected chi connectivity index (χ0v) is 11.5. The van der Waals surface area contributed by atoms with Crippen molar-refractivity contribution in [3.05, 3.63) is 71.8 Å². The van der Waals surface area contributed by atoms with Gasteiger partial charge in [0.2, 0.25) is 0 Å². The summed E-state index contributed by atoms with van der Waals surface area (Å²) >= 11 is 0. The van der Waals surface area contributed by atoms with Crippen LogP contribution in [0.25, 0.3) is 0 Å². The minimum atomic E-state index is -4.26. The Morgan fingerprint density at radius 3 is 2.40 bits per heavy atom. The molecule has 0 spiro atoms. The molecule has 20 heavy (non-hydrogen) atoms. The number of aryl methyl sites for hydroxylation is 1. The maximum Gasteiger partial charge on any atom is 0.416 e. The second kappa shape index (κ2) is 8.41. The number of rotatable bonds is 6. The van der Waals surface area contributed by atoms with Gasteiger partial charge >= 0.3 is 6.18 Å². The molecular formula is C17H19F3. The van der Waals surface area contributed by atoms with E-state index in [0.717, 1.165) is 12.5 Å². The minimum absolute atomic E-state index is 0.373. The molecule has 0 aliphatic carbocycles. The summed E-state index contributed by atoms with van der Waals surface area (Å²) in [6, 6.07) is 5.78. The maximum atomic E-state index is 12.8. The molecule has 0 nitrogen and oxygen atoms in total. The second-order valence-electron chi connectivity index (χ2n) is 4.39. The van der Waals surface area contributed by atoms with Gasteiger partial charge in [-0.1, -0.05) is 54.7 Å². The van der Waals surface area contributed by atoms with Gasteiger partial charge in [-0.25, -0.2) is 0 Å². The molecule has 0 saturated carbocycles. The van der Waals surface area contributed by atoms with Crippen LogP contribution in [0.1, 0.15) is 30.9 Å². The van der Waals surface area contributed by atoms with Gasteiger partial charge in [-0.3, -0.25) is 0 Å². The summed E-state index contributed by atoms with van der Waals surface area (Å²) in [4.78, 5) is 0. The first kappa shape index (κ1) is 16.3. The molecule has 0 radical (unpaired) electrons. The highest BCUT2D eigenvalue weighted by atomic mass is 19.4. The summed E-state index contributed by atoms with van der Waals surface area (Å²) in [5.41, 5.74) is -0.144. The van der Waals surface area contributed by atoms with Crippen LogP contribution < -0.4 is 0 Å². The van der Waals surface area contributed by atoms with E-state index in [9.17, 15) is 13.2 Å². The minimum Gasteiger partial charge on any atom is -0.166 e. The molecule has 0 fully saturated rings. The molecule has 1 aromatic carbocycles. The molecule has 1 aromatic rings. The highest BCUT2D eigenvalue weighted by Gasteiger charge is 2.32. The van der Waals surface area contributed by atoms with Crippen LogP contribution in [-0.2, 0) is 12.6 Å². The summed E-state index contributed by atoms with van der Waals surface area (Å²) in [6.07, 6.45) is 9.21. The monoisotopic (exact) mass is 280 g/mol. The lowest BCUT2D eigenvalue weighted by molar-refractivity contribution is -0.138. The number of allylic oxidation sites excluding steroid dienone is 6. The first-order chi connectivity index (χ1) is 9.55. The van der Waals surface area contributed by atoms with Crippen LogP contribution in [0.2, 0.25) is 0 Å². The van der Waals surface area contributed by atoms with Gasteiger partial charge in [-0.05, 0) is 37.8 Å². The van der Waals surface area contributed by atoms with Crippen LogP contribution >= 0.6 is 0 Å². The van der Waals surface area contributed by atoms with Crippen LogP contribution in [0, 0.1) is 0 Å². The fourth-order valence-electron chi connectivity index (χ4n) is 1.84. The zero-order valence-electron chi connectivity index (χ0n) is 11.5. The summed E-state index contributed by atoms with van der Waals surface area (Å²) in [7, 11) is 0. The van der Waals surface area contributed by atoms with Gasteiger partial charge in [0, 0.05) is 0 Å². The molecule has 1 rings (SSSR count). The lowest BCUT2D eigenvalue weighted by Crippen LogP contribution is -2.08. The number of hydrogen-bond acceptors (Lipinski definition) is 0. The van der Waals surface area contributed by atoms with Crippen molar-refractivity contribution in [2.75, 3.05) is 0 Å². The van der Waals surface area contributed by atoms with E-state index >= 15 is 0 Å². The molecule has 108 valence electrons. The SMILES string of the molecule is CC=CC=CC=CCCCc1ccccc1C(F)(F)F. The van der Waals surface area contributed by atoms with E-state index in [4.69, 9.17) is 0 Å². The third-order valence-corrected chi connectivity index (χ3v) is 2.80. The largest absolute Gasteiger partial charge is 0.416 e. The third-order valence-electron chi connectivity index (χ3n) is 2.80. The Morgan fingerprint density at radius 2 is 1.70 bits per heavy atom. The molecule has 0 saturated heterocycles. The molecule has 3 heteroatoms. The quantitative estimate of drug-likeness (QED) is 0.462. The van der Waals surface area contributed by atoms with Gasteiger partial charge in [-0.2, -0.15) is 13.2 Å². The van der Waals surface area contributed by atoms with Gasteiger partial charge in [0.1, 0.15) is 0 Å². The summed E-state index contributed by atoms with van der Waals surface area (Å²) in [6.45, 7) is 1.94. The predicted octanol–water partition coefficient (Wildman–Crippen LogP) is 5.72. The standard InChI is InChI=1S/C17H19F3/c1-2-3-4-5-6-7-8-9-12-15-13-10-11-14-16(15)17(18,19)20/h2-7,10-11,13-14H,8-9,12H2,1H3. The van der Waals surface area contributed by atoms with E-state index in [2.05, 4.69) is 0 Å². The summed E-state index contributed by atoms with van der Waals surface area (Å²) in [5, 5.41) is 0. The van der Waals surface area contributed by atoms with E-state index in [-0.39, 0.29) is 0 Å². The van der Waals surface area contributed by atoms with Gasteiger partial charge in [0.15, 0.2) is 0 Å². The zero-order chi connectivity index (χ0) is 14.8. The topological polar surface area (TPSA) is 0 Å². The van der Waals surface area contributed by atoms with Gasteiger partial charge in [0.05, 0.1) is 5.56 Å². The number of benzene rings is 1. The molecular weight excluding hydrogens is 261 g/mol. The maximum absolute atomic E-state index is 12.8. The Bertz CT molecular complexity index is 479. The molecule has 0 bridgehead atoms. The van der Waals surface area contributed by atoms with Crippen molar-refractivity contribution in [1.29, 1.82) is 0 Å². The van der Waals surface area contributed by atoms with Crippen molar-refractivity contribution < 1.29 is 13.2 Å². The van der Waals surface area contributed by atoms with Crippen molar-refractivity contribution in [3.8, 4) is 0 Å². The Morgan fingerprint density at radius 1 is 1.00 bits per heavy atom. The molecule has 0 amide bonds. The van der Waals surface area contributed by atoms with Crippen LogP contribution in [0.3, 0.4) is 0 Å². The van der Waals surface area contributed by atoms with Crippen molar-refractivity contribution in [2.24, 2.45) is 0 Å². The second-order valence-corrected chi connectivity index (χ2v) is 4.39. The van der Waals surface area contributed by atoms with Crippen LogP contribution in [0.5, 0.6) is 0 Å². The van der Waals surface area contributed by atoms with Gasteiger partial charge in [-0.15, -0.1) is 0 Å². The van der Waals surface area contributed by atoms with E-state index in [1.807, 2.05) is 43.4 Å². The number of unbranched alkanes of at least 4 members (excludes halogenated alkanes) is 1. The normalized spacial score (nSPS) is 13.0. The average molecular weight is 280 g/mol. The first-order valence-electron chi connectivity index (χ1n) is 6.65. The van der Waals surface area contributed by atoms with Crippen LogP contribution in [-0.4, -0.2) is 0 Å². The third kappa shape index (κ3) is 5.91. The molecule has 0 unspecified atom stereocenters. The van der Waals surface area contributed by atoms with Crippen molar-refractivity contribution in [3.63, 3.8) is 0 Å². The fraction of sp³-hybridized carbons (Fsp3) is 0.294. The van der Waals surface area contributed by atoms with E-state index in [1.54, 1.807) is 12.1 Å². The van der Waals surface area contributed by atoms with Crippen molar-refractivity contribution in [1.82, 2.24) is 0 Å². The lowest BCUT2D eigenvalue weighted by atomic mass is 10.0. The molecule has 0 N–H and O–H groups in total. The highest BCUT2D eigenvalue weighted by Crippen LogP contribution is 2.32. The van der Waals surface area contributed by atoms with Crippen LogP contribution in [0.15, 0.2) is 60.7 Å². The summed E-state index contributed by atoms with van der Waals surface area (Å²) < 4.78 is 38.3. The smallest absolute Gasteiger partial charge is 0.166 e. The number of hydrogen-bond donors (Lipinski definition) is 0. The van der Waals surface area contributed by atoms with Crippen molar-refractivity contribution in [2.45, 2.75) is 32.4 Å². The van der Waals surface area contributed by atoms with Crippen molar-refractivity contribution >= 4 is 0 Å². The summed E-state index contributed by atoms with van der Waals surface area (Å²) in [5.74, 6) is 0. The lowest BCUT2D eigenvalue weighted by Gasteiger charge is -2.11. The Hall–Kier alpha value is -1.77. The highest BCUT2D eigenvalue weighted by molar-refractivity contribution is 5.29.